The third kappa shape index (κ3) is 5.32. The van der Waals surface area contributed by atoms with Gasteiger partial charge in [0.1, 0.15) is 0 Å². The third-order valence-corrected chi connectivity index (χ3v) is 6.47. The minimum Gasteiger partial charge on any atom is -0.494 e. The lowest BCUT2D eigenvalue weighted by molar-refractivity contribution is -0.116. The molecule has 2 heterocycles. The molecule has 36 heavy (non-hydrogen) atoms. The van der Waals surface area contributed by atoms with E-state index in [0.29, 0.717) is 34.6 Å². The predicted molar refractivity (Wildman–Crippen MR) is 144 cm³/mol. The fourth-order valence-electron chi connectivity index (χ4n) is 3.94. The van der Waals surface area contributed by atoms with Gasteiger partial charge >= 0.3 is 5.97 Å². The number of thiophene rings is 1. The second-order valence-electron chi connectivity index (χ2n) is 8.56. The summed E-state index contributed by atoms with van der Waals surface area (Å²) in [6, 6.07) is 14.5. The van der Waals surface area contributed by atoms with Crippen molar-refractivity contribution in [2.24, 2.45) is 4.99 Å². The first-order chi connectivity index (χ1) is 17.3. The number of aromatic hydroxyl groups is 1. The van der Waals surface area contributed by atoms with E-state index < -0.39 is 5.97 Å². The Labute approximate surface area is 213 Å². The van der Waals surface area contributed by atoms with Crippen LogP contribution in [0.25, 0.3) is 10.9 Å². The van der Waals surface area contributed by atoms with Crippen LogP contribution in [0.5, 0.6) is 5.88 Å². The molecule has 2 aromatic heterocycles. The Morgan fingerprint density at radius 1 is 1.06 bits per heavy atom. The van der Waals surface area contributed by atoms with Gasteiger partial charge in [-0.3, -0.25) is 4.79 Å². The number of rotatable bonds is 8. The molecule has 9 heteroatoms. The minimum atomic E-state index is -0.454. The number of hydrogen-bond acceptors (Lipinski definition) is 7. The molecule has 8 nitrogen and oxygen atoms in total. The highest BCUT2D eigenvalue weighted by atomic mass is 32.1. The topological polar surface area (TPSA) is 98.2 Å². The van der Waals surface area contributed by atoms with E-state index in [1.165, 1.54) is 18.4 Å². The molecule has 4 aromatic rings. The number of aromatic amines is 1. The first-order valence-electron chi connectivity index (χ1n) is 11.4. The number of amides is 1. The summed E-state index contributed by atoms with van der Waals surface area (Å²) in [4.78, 5) is 35.8. The van der Waals surface area contributed by atoms with Crippen LogP contribution >= 0.6 is 11.3 Å². The fourth-order valence-corrected chi connectivity index (χ4v) is 4.58. The predicted octanol–water partition coefficient (Wildman–Crippen LogP) is 4.81. The Hall–Kier alpha value is -3.95. The van der Waals surface area contributed by atoms with Crippen LogP contribution in [-0.2, 0) is 9.53 Å². The van der Waals surface area contributed by atoms with Gasteiger partial charge in [0.15, 0.2) is 5.88 Å². The van der Waals surface area contributed by atoms with Crippen LogP contribution in [0.4, 0.5) is 11.4 Å². The molecule has 0 aliphatic heterocycles. The number of fused-ring (bicyclic) bond motifs is 1. The fraction of sp³-hybridized carbons (Fsp3) is 0.222. The summed E-state index contributed by atoms with van der Waals surface area (Å²) >= 11 is 1.53. The Balaban J connectivity index is 1.75. The van der Waals surface area contributed by atoms with Crippen molar-refractivity contribution in [3.8, 4) is 5.88 Å². The van der Waals surface area contributed by atoms with Crippen molar-refractivity contribution in [2.45, 2.75) is 6.92 Å². The minimum absolute atomic E-state index is 0.0258. The van der Waals surface area contributed by atoms with E-state index in [2.05, 4.69) is 4.98 Å². The summed E-state index contributed by atoms with van der Waals surface area (Å²) in [6.07, 6.45) is 0. The third-order valence-electron chi connectivity index (χ3n) is 5.78. The number of nitrogens with zero attached hydrogens (tertiary/aromatic N) is 3. The number of likely N-dealkylation sites (N-methyl/N-ethyl adjacent to an activating group) is 1. The van der Waals surface area contributed by atoms with Crippen LogP contribution < -0.4 is 4.90 Å². The lowest BCUT2D eigenvalue weighted by Gasteiger charge is -2.23. The lowest BCUT2D eigenvalue weighted by Crippen LogP contribution is -2.35. The van der Waals surface area contributed by atoms with Gasteiger partial charge in [-0.1, -0.05) is 6.07 Å². The zero-order valence-corrected chi connectivity index (χ0v) is 21.4. The van der Waals surface area contributed by atoms with Crippen molar-refractivity contribution in [2.75, 3.05) is 39.2 Å². The smallest absolute Gasteiger partial charge is 0.337 e. The largest absolute Gasteiger partial charge is 0.494 e. The van der Waals surface area contributed by atoms with Crippen LogP contribution in [0.3, 0.4) is 0 Å². The molecule has 0 saturated heterocycles. The molecular formula is C27H28N4O4S. The summed E-state index contributed by atoms with van der Waals surface area (Å²) in [5.41, 5.74) is 4.44. The Bertz CT molecular complexity index is 1410. The zero-order valence-electron chi connectivity index (χ0n) is 20.6. The Morgan fingerprint density at radius 2 is 1.81 bits per heavy atom. The molecule has 0 aliphatic carbocycles. The van der Waals surface area contributed by atoms with Crippen molar-refractivity contribution in [3.05, 3.63) is 76.0 Å². The molecule has 2 aromatic carbocycles. The van der Waals surface area contributed by atoms with Gasteiger partial charge in [-0.05, 0) is 61.9 Å². The highest BCUT2D eigenvalue weighted by molar-refractivity contribution is 7.08. The molecular weight excluding hydrogens is 476 g/mol. The molecule has 2 N–H and O–H groups in total. The monoisotopic (exact) mass is 504 g/mol. The zero-order chi connectivity index (χ0) is 25.8. The van der Waals surface area contributed by atoms with Gasteiger partial charge in [-0.25, -0.2) is 9.79 Å². The van der Waals surface area contributed by atoms with Crippen LogP contribution in [-0.4, -0.2) is 66.9 Å². The molecule has 0 fully saturated rings. The number of ether oxygens (including phenoxy) is 1. The van der Waals surface area contributed by atoms with Crippen molar-refractivity contribution in [1.29, 1.82) is 0 Å². The van der Waals surface area contributed by atoms with Crippen molar-refractivity contribution < 1.29 is 19.4 Å². The van der Waals surface area contributed by atoms with Crippen molar-refractivity contribution >= 4 is 51.2 Å². The van der Waals surface area contributed by atoms with E-state index >= 15 is 0 Å². The molecule has 1 amide bonds. The van der Waals surface area contributed by atoms with Crippen molar-refractivity contribution in [3.63, 3.8) is 0 Å². The number of methoxy groups -OCH3 is 1. The Morgan fingerprint density at radius 3 is 2.42 bits per heavy atom. The van der Waals surface area contributed by atoms with Crippen LogP contribution in [0.15, 0.2) is 64.3 Å². The molecule has 0 saturated carbocycles. The van der Waals surface area contributed by atoms with Crippen LogP contribution in [0.2, 0.25) is 0 Å². The normalized spacial score (nSPS) is 11.8. The average molecular weight is 505 g/mol. The van der Waals surface area contributed by atoms with Gasteiger partial charge < -0.3 is 24.6 Å². The molecule has 0 unspecified atom stereocenters. The molecule has 0 atom stereocenters. The SMILES string of the molecule is COC(=O)c1ccc2c(C(=Nc3ccc(N(CCN(C)C)C(C)=O)cc3)c3ccsc3)c(O)[nH]c2c1. The number of hydrogen-bond donors (Lipinski definition) is 2. The first kappa shape index (κ1) is 25.2. The maximum Gasteiger partial charge on any atom is 0.337 e. The second-order valence-corrected chi connectivity index (χ2v) is 9.34. The van der Waals surface area contributed by atoms with Crippen LogP contribution in [0.1, 0.15) is 28.4 Å². The number of nitrogens with one attached hydrogen (secondary N) is 1. The number of aliphatic imine (C=N–C) groups is 1. The van der Waals surface area contributed by atoms with Gasteiger partial charge in [0.05, 0.1) is 29.6 Å². The maximum absolute atomic E-state index is 12.2. The molecule has 4 rings (SSSR count). The number of esters is 1. The van der Waals surface area contributed by atoms with Gasteiger partial charge in [0.25, 0.3) is 0 Å². The van der Waals surface area contributed by atoms with Gasteiger partial charge in [-0.2, -0.15) is 11.3 Å². The standard InChI is InChI=1S/C27H28N4O4S/c1-17(32)31(13-12-30(2)3)21-8-6-20(7-9-21)28-25(19-11-14-36-16-19)24-22-10-5-18(27(34)35-4)15-23(22)29-26(24)33/h5-11,14-16,29,33H,12-13H2,1-4H3. The number of carbonyl (C=O) groups excluding carboxylic acids is 2. The summed E-state index contributed by atoms with van der Waals surface area (Å²) in [7, 11) is 5.27. The first-order valence-corrected chi connectivity index (χ1v) is 12.3. The summed E-state index contributed by atoms with van der Waals surface area (Å²) in [6.45, 7) is 2.89. The van der Waals surface area contributed by atoms with E-state index in [4.69, 9.17) is 9.73 Å². The van der Waals surface area contributed by atoms with Gasteiger partial charge in [0, 0.05) is 47.5 Å². The highest BCUT2D eigenvalue weighted by Crippen LogP contribution is 2.33. The number of aromatic nitrogens is 1. The highest BCUT2D eigenvalue weighted by Gasteiger charge is 2.20. The number of carbonyl (C=O) groups is 2. The molecule has 0 spiro atoms. The van der Waals surface area contributed by atoms with Gasteiger partial charge in [0.2, 0.25) is 5.91 Å². The van der Waals surface area contributed by atoms with E-state index in [9.17, 15) is 14.7 Å². The summed E-state index contributed by atoms with van der Waals surface area (Å²) < 4.78 is 4.81. The van der Waals surface area contributed by atoms with E-state index in [1.807, 2.05) is 60.1 Å². The molecule has 0 aliphatic rings. The quantitative estimate of drug-likeness (QED) is 0.265. The average Bonchev–Trinajstić information content (AvgIpc) is 3.50. The second kappa shape index (κ2) is 10.8. The van der Waals surface area contributed by atoms with E-state index in [0.717, 1.165) is 23.2 Å². The number of anilines is 1. The number of H-pyrrole nitrogens is 1. The molecule has 186 valence electrons. The van der Waals surface area contributed by atoms with E-state index in [1.54, 1.807) is 30.0 Å². The number of benzene rings is 2. The lowest BCUT2D eigenvalue weighted by atomic mass is 10.0. The van der Waals surface area contributed by atoms with Gasteiger partial charge in [-0.15, -0.1) is 0 Å². The maximum atomic E-state index is 12.2. The van der Waals surface area contributed by atoms with Crippen LogP contribution in [0, 0.1) is 0 Å². The molecule has 0 bridgehead atoms. The van der Waals surface area contributed by atoms with Crippen molar-refractivity contribution in [1.82, 2.24) is 9.88 Å². The molecule has 0 radical (unpaired) electrons. The Kier molecular flexibility index (Phi) is 7.52. The van der Waals surface area contributed by atoms with E-state index in [-0.39, 0.29) is 11.8 Å². The summed E-state index contributed by atoms with van der Waals surface area (Å²) in [5, 5.41) is 15.5. The summed E-state index contributed by atoms with van der Waals surface area (Å²) in [5.74, 6) is -0.522.